The van der Waals surface area contributed by atoms with Gasteiger partial charge in [-0.15, -0.1) is 0 Å². The SMILES string of the molecule is Cc1ccc(C(N)CCCCO)c(C)c1. The third kappa shape index (κ3) is 3.65. The zero-order valence-corrected chi connectivity index (χ0v) is 9.66. The van der Waals surface area contributed by atoms with Crippen molar-refractivity contribution in [3.05, 3.63) is 34.9 Å². The normalized spacial score (nSPS) is 12.8. The summed E-state index contributed by atoms with van der Waals surface area (Å²) in [5.74, 6) is 0. The van der Waals surface area contributed by atoms with E-state index >= 15 is 0 Å². The first-order chi connectivity index (χ1) is 7.15. The van der Waals surface area contributed by atoms with E-state index in [1.165, 1.54) is 16.7 Å². The maximum atomic E-state index is 8.70. The maximum Gasteiger partial charge on any atom is 0.0431 e. The second-order valence-corrected chi connectivity index (χ2v) is 4.19. The molecule has 84 valence electrons. The van der Waals surface area contributed by atoms with Gasteiger partial charge in [0.2, 0.25) is 0 Å². The molecule has 1 unspecified atom stereocenters. The van der Waals surface area contributed by atoms with Crippen LogP contribution >= 0.6 is 0 Å². The Morgan fingerprint density at radius 3 is 2.60 bits per heavy atom. The molecule has 0 saturated carbocycles. The molecule has 2 nitrogen and oxygen atoms in total. The summed E-state index contributed by atoms with van der Waals surface area (Å²) in [6, 6.07) is 6.50. The predicted octanol–water partition coefficient (Wildman–Crippen LogP) is 2.47. The van der Waals surface area contributed by atoms with Crippen molar-refractivity contribution in [2.75, 3.05) is 6.61 Å². The van der Waals surface area contributed by atoms with E-state index in [1.807, 2.05) is 0 Å². The average molecular weight is 207 g/mol. The topological polar surface area (TPSA) is 46.2 Å². The van der Waals surface area contributed by atoms with Crippen molar-refractivity contribution in [3.8, 4) is 0 Å². The summed E-state index contributed by atoms with van der Waals surface area (Å²) in [6.07, 6.45) is 2.79. The van der Waals surface area contributed by atoms with Gasteiger partial charge >= 0.3 is 0 Å². The van der Waals surface area contributed by atoms with Crippen LogP contribution in [0.2, 0.25) is 0 Å². The molecule has 0 amide bonds. The number of benzene rings is 1. The molecule has 0 bridgehead atoms. The number of hydrogen-bond donors (Lipinski definition) is 2. The lowest BCUT2D eigenvalue weighted by atomic mass is 9.96. The molecule has 0 saturated heterocycles. The van der Waals surface area contributed by atoms with Gasteiger partial charge in [-0.1, -0.05) is 23.8 Å². The molecular formula is C13H21NO. The van der Waals surface area contributed by atoms with Crippen LogP contribution in [0.1, 0.15) is 42.0 Å². The number of aliphatic hydroxyl groups excluding tert-OH is 1. The second-order valence-electron chi connectivity index (χ2n) is 4.19. The molecule has 0 radical (unpaired) electrons. The van der Waals surface area contributed by atoms with Gasteiger partial charge in [0.1, 0.15) is 0 Å². The zero-order chi connectivity index (χ0) is 11.3. The van der Waals surface area contributed by atoms with E-state index in [0.29, 0.717) is 0 Å². The van der Waals surface area contributed by atoms with Crippen molar-refractivity contribution in [3.63, 3.8) is 0 Å². The summed E-state index contributed by atoms with van der Waals surface area (Å²) in [7, 11) is 0. The zero-order valence-electron chi connectivity index (χ0n) is 9.66. The van der Waals surface area contributed by atoms with Crippen LogP contribution in [0.3, 0.4) is 0 Å². The summed E-state index contributed by atoms with van der Waals surface area (Å²) in [6.45, 7) is 4.46. The van der Waals surface area contributed by atoms with Crippen LogP contribution in [0.25, 0.3) is 0 Å². The second kappa shape index (κ2) is 5.89. The fraction of sp³-hybridized carbons (Fsp3) is 0.538. The van der Waals surface area contributed by atoms with Crippen LogP contribution in [0, 0.1) is 13.8 Å². The minimum absolute atomic E-state index is 0.108. The van der Waals surface area contributed by atoms with Gasteiger partial charge in [-0.05, 0) is 44.2 Å². The van der Waals surface area contributed by atoms with Crippen molar-refractivity contribution in [2.45, 2.75) is 39.2 Å². The molecule has 0 aliphatic heterocycles. The summed E-state index contributed by atoms with van der Waals surface area (Å²) < 4.78 is 0. The molecule has 1 aromatic rings. The predicted molar refractivity (Wildman–Crippen MR) is 63.8 cm³/mol. The molecule has 1 atom stereocenters. The largest absolute Gasteiger partial charge is 0.396 e. The number of hydrogen-bond acceptors (Lipinski definition) is 2. The van der Waals surface area contributed by atoms with E-state index in [-0.39, 0.29) is 12.6 Å². The summed E-state index contributed by atoms with van der Waals surface area (Å²) in [5.41, 5.74) is 9.89. The lowest BCUT2D eigenvalue weighted by molar-refractivity contribution is 0.281. The molecule has 15 heavy (non-hydrogen) atoms. The Morgan fingerprint density at radius 1 is 1.27 bits per heavy atom. The Labute approximate surface area is 92.1 Å². The van der Waals surface area contributed by atoms with E-state index < -0.39 is 0 Å². The molecular weight excluding hydrogens is 186 g/mol. The molecule has 1 rings (SSSR count). The highest BCUT2D eigenvalue weighted by Crippen LogP contribution is 2.21. The number of aliphatic hydroxyl groups is 1. The average Bonchev–Trinajstić information content (AvgIpc) is 2.17. The van der Waals surface area contributed by atoms with E-state index in [0.717, 1.165) is 19.3 Å². The quantitative estimate of drug-likeness (QED) is 0.729. The van der Waals surface area contributed by atoms with Crippen molar-refractivity contribution in [1.82, 2.24) is 0 Å². The van der Waals surface area contributed by atoms with E-state index in [4.69, 9.17) is 10.8 Å². The number of nitrogens with two attached hydrogens (primary N) is 1. The first-order valence-electron chi connectivity index (χ1n) is 5.58. The van der Waals surface area contributed by atoms with Gasteiger partial charge in [-0.2, -0.15) is 0 Å². The van der Waals surface area contributed by atoms with Crippen molar-refractivity contribution in [2.24, 2.45) is 5.73 Å². The molecule has 0 aliphatic rings. The summed E-state index contributed by atoms with van der Waals surface area (Å²) in [4.78, 5) is 0. The van der Waals surface area contributed by atoms with Crippen LogP contribution in [-0.2, 0) is 0 Å². The van der Waals surface area contributed by atoms with E-state index in [9.17, 15) is 0 Å². The third-order valence-electron chi connectivity index (χ3n) is 2.75. The Kier molecular flexibility index (Phi) is 4.79. The van der Waals surface area contributed by atoms with Gasteiger partial charge in [-0.3, -0.25) is 0 Å². The highest BCUT2D eigenvalue weighted by Gasteiger charge is 2.08. The van der Waals surface area contributed by atoms with Crippen molar-refractivity contribution in [1.29, 1.82) is 0 Å². The number of aryl methyl sites for hydroxylation is 2. The van der Waals surface area contributed by atoms with Gasteiger partial charge in [0.05, 0.1) is 0 Å². The molecule has 1 aromatic carbocycles. The smallest absolute Gasteiger partial charge is 0.0431 e. The summed E-state index contributed by atoms with van der Waals surface area (Å²) >= 11 is 0. The first-order valence-corrected chi connectivity index (χ1v) is 5.58. The molecule has 0 fully saturated rings. The van der Waals surface area contributed by atoms with Gasteiger partial charge in [-0.25, -0.2) is 0 Å². The van der Waals surface area contributed by atoms with Crippen LogP contribution in [0.5, 0.6) is 0 Å². The van der Waals surface area contributed by atoms with Crippen molar-refractivity contribution < 1.29 is 5.11 Å². The standard InChI is InChI=1S/C13H21NO/c1-10-6-7-12(11(2)9-10)13(14)5-3-4-8-15/h6-7,9,13,15H,3-5,8,14H2,1-2H3. The highest BCUT2D eigenvalue weighted by atomic mass is 16.2. The van der Waals surface area contributed by atoms with Gasteiger partial charge in [0, 0.05) is 12.6 Å². The van der Waals surface area contributed by atoms with E-state index in [1.54, 1.807) is 0 Å². The number of rotatable bonds is 5. The first kappa shape index (κ1) is 12.2. The third-order valence-corrected chi connectivity index (χ3v) is 2.75. The fourth-order valence-electron chi connectivity index (χ4n) is 1.87. The Morgan fingerprint density at radius 2 is 2.00 bits per heavy atom. The fourth-order valence-corrected chi connectivity index (χ4v) is 1.87. The van der Waals surface area contributed by atoms with Crippen LogP contribution < -0.4 is 5.73 Å². The molecule has 0 aliphatic carbocycles. The van der Waals surface area contributed by atoms with Crippen LogP contribution in [0.4, 0.5) is 0 Å². The van der Waals surface area contributed by atoms with Gasteiger partial charge < -0.3 is 10.8 Å². The van der Waals surface area contributed by atoms with Gasteiger partial charge in [0.15, 0.2) is 0 Å². The monoisotopic (exact) mass is 207 g/mol. The minimum atomic E-state index is 0.108. The summed E-state index contributed by atoms with van der Waals surface area (Å²) in [5, 5.41) is 8.70. The van der Waals surface area contributed by atoms with Crippen LogP contribution in [0.15, 0.2) is 18.2 Å². The molecule has 2 heteroatoms. The molecule has 3 N–H and O–H groups in total. The van der Waals surface area contributed by atoms with Crippen LogP contribution in [-0.4, -0.2) is 11.7 Å². The van der Waals surface area contributed by atoms with Crippen molar-refractivity contribution >= 4 is 0 Å². The highest BCUT2D eigenvalue weighted by molar-refractivity contribution is 5.32. The minimum Gasteiger partial charge on any atom is -0.396 e. The molecule has 0 aromatic heterocycles. The molecule has 0 spiro atoms. The molecule has 0 heterocycles. The Hall–Kier alpha value is -0.860. The Balaban J connectivity index is 2.61. The van der Waals surface area contributed by atoms with E-state index in [2.05, 4.69) is 32.0 Å². The maximum absolute atomic E-state index is 8.70. The Bertz CT molecular complexity index is 309. The van der Waals surface area contributed by atoms with Gasteiger partial charge in [0.25, 0.3) is 0 Å². The number of unbranched alkanes of at least 4 members (excludes halogenated alkanes) is 1. The lowest BCUT2D eigenvalue weighted by Crippen LogP contribution is -2.11. The lowest BCUT2D eigenvalue weighted by Gasteiger charge is -2.14.